The molecule has 0 fully saturated rings. The predicted octanol–water partition coefficient (Wildman–Crippen LogP) is 7.38. The second-order valence-corrected chi connectivity index (χ2v) is 8.93. The number of benzene rings is 2. The van der Waals surface area contributed by atoms with E-state index in [1.807, 2.05) is 18.2 Å². The van der Waals surface area contributed by atoms with Crippen molar-refractivity contribution >= 4 is 29.2 Å². The van der Waals surface area contributed by atoms with Crippen molar-refractivity contribution in [1.82, 2.24) is 14.9 Å². The van der Waals surface area contributed by atoms with Crippen LogP contribution in [-0.2, 0) is 13.1 Å². The van der Waals surface area contributed by atoms with Crippen LogP contribution in [0.4, 0.5) is 0 Å². The molecule has 3 aromatic rings. The summed E-state index contributed by atoms with van der Waals surface area (Å²) < 4.78 is 2.25. The number of hydrogen-bond acceptors (Lipinski definition) is 3. The number of hydrogen-bond donors (Lipinski definition) is 2. The van der Waals surface area contributed by atoms with E-state index in [9.17, 15) is 9.90 Å². The molecule has 3 rings (SSSR count). The minimum Gasteiger partial charge on any atom is -0.478 e. The number of carboxylic acid groups (broad SMARTS) is 1. The van der Waals surface area contributed by atoms with Crippen LogP contribution in [0.25, 0.3) is 11.4 Å². The van der Waals surface area contributed by atoms with Gasteiger partial charge in [-0.3, -0.25) is 0 Å². The van der Waals surface area contributed by atoms with Crippen molar-refractivity contribution in [3.05, 3.63) is 75.5 Å². The standard InChI is InChI=1S/C26H31Cl2N3O2/c1-3-5-12-22(29-17-20-14-13-19(26(32)33)16-21(20)27)23-24(28)30-25(31(23)15-6-4-2)18-10-8-7-9-11-18/h7-11,13-14,16,22,29H,3-6,12,15,17H2,1-2H3,(H,32,33). The van der Waals surface area contributed by atoms with E-state index in [1.54, 1.807) is 12.1 Å². The number of imidazole rings is 1. The van der Waals surface area contributed by atoms with Gasteiger partial charge in [0, 0.05) is 23.7 Å². The third-order valence-electron chi connectivity index (χ3n) is 5.74. The molecule has 176 valence electrons. The monoisotopic (exact) mass is 487 g/mol. The van der Waals surface area contributed by atoms with Gasteiger partial charge in [0.2, 0.25) is 0 Å². The smallest absolute Gasteiger partial charge is 0.335 e. The Balaban J connectivity index is 1.94. The van der Waals surface area contributed by atoms with Gasteiger partial charge < -0.3 is 15.0 Å². The molecule has 0 saturated heterocycles. The molecule has 5 nitrogen and oxygen atoms in total. The maximum atomic E-state index is 11.2. The first kappa shape index (κ1) is 25.3. The average Bonchev–Trinajstić information content (AvgIpc) is 3.14. The zero-order valence-corrected chi connectivity index (χ0v) is 20.7. The summed E-state index contributed by atoms with van der Waals surface area (Å²) in [6, 6.07) is 15.0. The van der Waals surface area contributed by atoms with Gasteiger partial charge >= 0.3 is 5.97 Å². The maximum absolute atomic E-state index is 11.2. The molecule has 1 aromatic heterocycles. The highest BCUT2D eigenvalue weighted by Gasteiger charge is 2.24. The molecule has 0 bridgehead atoms. The van der Waals surface area contributed by atoms with Crippen LogP contribution in [0.5, 0.6) is 0 Å². The molecule has 1 heterocycles. The van der Waals surface area contributed by atoms with Crippen LogP contribution < -0.4 is 5.32 Å². The molecule has 0 saturated carbocycles. The molecule has 0 aliphatic heterocycles. The number of halogens is 2. The molecule has 2 aromatic carbocycles. The van der Waals surface area contributed by atoms with E-state index in [2.05, 4.69) is 35.9 Å². The summed E-state index contributed by atoms with van der Waals surface area (Å²) in [5.74, 6) is -0.103. The van der Waals surface area contributed by atoms with Crippen LogP contribution in [-0.4, -0.2) is 20.6 Å². The summed E-state index contributed by atoms with van der Waals surface area (Å²) >= 11 is 13.1. The minimum absolute atomic E-state index is 0.00511. The Bertz CT molecular complexity index is 1070. The first-order valence-corrected chi connectivity index (χ1v) is 12.3. The van der Waals surface area contributed by atoms with Gasteiger partial charge in [0.15, 0.2) is 5.15 Å². The number of carboxylic acids is 1. The van der Waals surface area contributed by atoms with Gasteiger partial charge in [-0.2, -0.15) is 0 Å². The number of unbranched alkanes of at least 4 members (excludes halogenated alkanes) is 2. The zero-order chi connectivity index (χ0) is 23.8. The summed E-state index contributed by atoms with van der Waals surface area (Å²) in [7, 11) is 0. The van der Waals surface area contributed by atoms with Gasteiger partial charge in [-0.1, -0.05) is 92.7 Å². The highest BCUT2D eigenvalue weighted by atomic mass is 35.5. The van der Waals surface area contributed by atoms with E-state index in [-0.39, 0.29) is 11.6 Å². The number of nitrogens with one attached hydrogen (secondary N) is 1. The summed E-state index contributed by atoms with van der Waals surface area (Å²) in [6.45, 7) is 5.69. The van der Waals surface area contributed by atoms with E-state index in [4.69, 9.17) is 28.2 Å². The maximum Gasteiger partial charge on any atom is 0.335 e. The predicted molar refractivity (Wildman–Crippen MR) is 135 cm³/mol. The number of rotatable bonds is 12. The highest BCUT2D eigenvalue weighted by molar-refractivity contribution is 6.31. The van der Waals surface area contributed by atoms with Crippen LogP contribution in [0.2, 0.25) is 10.2 Å². The number of nitrogens with zero attached hydrogens (tertiary/aromatic N) is 2. The van der Waals surface area contributed by atoms with Crippen molar-refractivity contribution in [1.29, 1.82) is 0 Å². The summed E-state index contributed by atoms with van der Waals surface area (Å²) in [4.78, 5) is 16.0. The molecular weight excluding hydrogens is 457 g/mol. The van der Waals surface area contributed by atoms with Crippen molar-refractivity contribution in [2.45, 2.75) is 65.1 Å². The van der Waals surface area contributed by atoms with E-state index >= 15 is 0 Å². The third kappa shape index (κ3) is 6.38. The zero-order valence-electron chi connectivity index (χ0n) is 19.2. The molecule has 0 aliphatic rings. The molecule has 0 amide bonds. The van der Waals surface area contributed by atoms with E-state index in [0.29, 0.717) is 16.7 Å². The van der Waals surface area contributed by atoms with Crippen LogP contribution in [0.15, 0.2) is 48.5 Å². The number of carbonyl (C=O) groups is 1. The topological polar surface area (TPSA) is 67.2 Å². The van der Waals surface area contributed by atoms with Gasteiger partial charge in [0.25, 0.3) is 0 Å². The van der Waals surface area contributed by atoms with Crippen molar-refractivity contribution in [3.63, 3.8) is 0 Å². The molecule has 33 heavy (non-hydrogen) atoms. The second-order valence-electron chi connectivity index (χ2n) is 8.17. The molecule has 0 spiro atoms. The fourth-order valence-electron chi connectivity index (χ4n) is 3.92. The lowest BCUT2D eigenvalue weighted by Gasteiger charge is -2.22. The van der Waals surface area contributed by atoms with Crippen LogP contribution in [0.1, 0.15) is 73.6 Å². The molecule has 2 N–H and O–H groups in total. The Hall–Kier alpha value is -2.34. The van der Waals surface area contributed by atoms with E-state index in [0.717, 1.165) is 61.3 Å². The highest BCUT2D eigenvalue weighted by Crippen LogP contribution is 2.33. The van der Waals surface area contributed by atoms with E-state index < -0.39 is 5.97 Å². The molecule has 1 atom stereocenters. The van der Waals surface area contributed by atoms with E-state index in [1.165, 1.54) is 6.07 Å². The molecule has 7 heteroatoms. The second kappa shape index (κ2) is 12.2. The van der Waals surface area contributed by atoms with Gasteiger partial charge in [0.1, 0.15) is 5.82 Å². The summed E-state index contributed by atoms with van der Waals surface area (Å²) in [5, 5.41) is 13.8. The molecule has 1 unspecified atom stereocenters. The van der Waals surface area contributed by atoms with Crippen LogP contribution >= 0.6 is 23.2 Å². The van der Waals surface area contributed by atoms with Crippen molar-refractivity contribution in [2.75, 3.05) is 0 Å². The number of aromatic carboxylic acids is 1. The lowest BCUT2D eigenvalue weighted by Crippen LogP contribution is -2.24. The molecule has 0 aliphatic carbocycles. The fourth-order valence-corrected chi connectivity index (χ4v) is 4.48. The van der Waals surface area contributed by atoms with Gasteiger partial charge in [-0.05, 0) is 30.5 Å². The van der Waals surface area contributed by atoms with Crippen molar-refractivity contribution < 1.29 is 9.90 Å². The van der Waals surface area contributed by atoms with Gasteiger partial charge in [0.05, 0.1) is 17.3 Å². The largest absolute Gasteiger partial charge is 0.478 e. The Labute approximate surface area is 205 Å². The van der Waals surface area contributed by atoms with Gasteiger partial charge in [-0.15, -0.1) is 0 Å². The van der Waals surface area contributed by atoms with Crippen LogP contribution in [0, 0.1) is 0 Å². The van der Waals surface area contributed by atoms with Crippen LogP contribution in [0.3, 0.4) is 0 Å². The normalized spacial score (nSPS) is 12.1. The average molecular weight is 488 g/mol. The summed E-state index contributed by atoms with van der Waals surface area (Å²) in [6.07, 6.45) is 5.12. The quantitative estimate of drug-likeness (QED) is 0.279. The molecule has 0 radical (unpaired) electrons. The number of aromatic nitrogens is 2. The fraction of sp³-hybridized carbons (Fsp3) is 0.385. The lowest BCUT2D eigenvalue weighted by atomic mass is 10.1. The SMILES string of the molecule is CCCCC(NCc1ccc(C(=O)O)cc1Cl)c1c(Cl)nc(-c2ccccc2)n1CCCC. The Morgan fingerprint density at radius 2 is 1.82 bits per heavy atom. The van der Waals surface area contributed by atoms with Crippen molar-refractivity contribution in [2.24, 2.45) is 0 Å². The Morgan fingerprint density at radius 1 is 1.09 bits per heavy atom. The minimum atomic E-state index is -0.989. The third-order valence-corrected chi connectivity index (χ3v) is 6.37. The Morgan fingerprint density at radius 3 is 2.45 bits per heavy atom. The van der Waals surface area contributed by atoms with Crippen molar-refractivity contribution in [3.8, 4) is 11.4 Å². The first-order chi connectivity index (χ1) is 16.0. The lowest BCUT2D eigenvalue weighted by molar-refractivity contribution is 0.0697. The molecular formula is C26H31Cl2N3O2. The summed E-state index contributed by atoms with van der Waals surface area (Å²) in [5.41, 5.74) is 3.07. The first-order valence-electron chi connectivity index (χ1n) is 11.5. The van der Waals surface area contributed by atoms with Gasteiger partial charge in [-0.25, -0.2) is 9.78 Å². The Kier molecular flexibility index (Phi) is 9.36.